The number of hydrogen-bond donors (Lipinski definition) is 0. The van der Waals surface area contributed by atoms with Crippen molar-refractivity contribution in [2.45, 2.75) is 0 Å². The highest BCUT2D eigenvalue weighted by molar-refractivity contribution is 7.28. The second-order valence-electron chi connectivity index (χ2n) is 0.814. The molecule has 0 amide bonds. The maximum atomic E-state index is 6.94. The molecule has 26 valence electrons. The van der Waals surface area contributed by atoms with Crippen LogP contribution >= 0.6 is 8.19 Å². The first-order valence-corrected chi connectivity index (χ1v) is 2.57. The van der Waals surface area contributed by atoms with Crippen LogP contribution in [0.25, 0.3) is 0 Å². The van der Waals surface area contributed by atoms with E-state index in [4.69, 9.17) is 1.37 Å². The van der Waals surface area contributed by atoms with Gasteiger partial charge in [-0.2, -0.15) is 0 Å². The summed E-state index contributed by atoms with van der Waals surface area (Å²) in [5.41, 5.74) is 0. The van der Waals surface area contributed by atoms with Gasteiger partial charge in [-0.15, -0.1) is 8.19 Å². The van der Waals surface area contributed by atoms with E-state index in [1.54, 1.807) is 0 Å². The molecule has 1 rings (SSSR count). The first kappa shape index (κ1) is 2.04. The van der Waals surface area contributed by atoms with Gasteiger partial charge in [0.05, 0.1) is 1.37 Å². The van der Waals surface area contributed by atoms with Gasteiger partial charge in [0, 0.05) is 0 Å². The third-order valence-corrected chi connectivity index (χ3v) is 1.13. The molecule has 0 aliphatic carbocycles. The molecule has 5 heavy (non-hydrogen) atoms. The van der Waals surface area contributed by atoms with Gasteiger partial charge in [0.2, 0.25) is 0 Å². The minimum absolute atomic E-state index is 0.630. The summed E-state index contributed by atoms with van der Waals surface area (Å²) in [5.74, 6) is 2.75. The van der Waals surface area contributed by atoms with Crippen molar-refractivity contribution in [1.82, 2.24) is 0 Å². The smallest absolute Gasteiger partial charge is 0.0667 e. The molecule has 0 radical (unpaired) electrons. The lowest BCUT2D eigenvalue weighted by Crippen LogP contribution is -1.16. The monoisotopic (exact) mass is 85.0 g/mol. The molecular weight excluding hydrogens is 79.0 g/mol. The van der Waals surface area contributed by atoms with E-state index in [-0.39, 0.29) is 0 Å². The minimum Gasteiger partial charge on any atom is -0.140 e. The van der Waals surface area contributed by atoms with Gasteiger partial charge in [-0.3, -0.25) is 0 Å². The van der Waals surface area contributed by atoms with Crippen LogP contribution in [0.15, 0.2) is 23.7 Å². The van der Waals surface area contributed by atoms with Crippen LogP contribution in [-0.2, 0) is 0 Å². The van der Waals surface area contributed by atoms with Gasteiger partial charge < -0.3 is 0 Å². The van der Waals surface area contributed by atoms with Crippen LogP contribution in [0.4, 0.5) is 0 Å². The summed E-state index contributed by atoms with van der Waals surface area (Å²) in [4.78, 5) is 0. The van der Waals surface area contributed by atoms with Gasteiger partial charge in [-0.05, 0) is 11.6 Å². The van der Waals surface area contributed by atoms with Crippen LogP contribution in [0, 0.1) is 0 Å². The van der Waals surface area contributed by atoms with Crippen molar-refractivity contribution in [3.8, 4) is 0 Å². The Morgan fingerprint density at radius 1 is 1.60 bits per heavy atom. The van der Waals surface area contributed by atoms with Crippen molar-refractivity contribution in [2.24, 2.45) is 0 Å². The maximum absolute atomic E-state index is 6.94. The fourth-order valence-electron chi connectivity index (χ4n) is 0.241. The first-order chi connectivity index (χ1) is 2.89. The second-order valence-corrected chi connectivity index (χ2v) is 1.73. The van der Waals surface area contributed by atoms with Crippen LogP contribution in [0.1, 0.15) is 1.37 Å². The Morgan fingerprint density at radius 3 is 2.80 bits per heavy atom. The molecule has 0 fully saturated rings. The van der Waals surface area contributed by atoms with Crippen LogP contribution < -0.4 is 0 Å². The van der Waals surface area contributed by atoms with Crippen LogP contribution in [-0.4, -0.2) is 0 Å². The van der Waals surface area contributed by atoms with Crippen molar-refractivity contribution >= 4 is 8.19 Å². The Morgan fingerprint density at radius 2 is 2.60 bits per heavy atom. The van der Waals surface area contributed by atoms with Crippen molar-refractivity contribution < 1.29 is 1.37 Å². The molecule has 1 atom stereocenters. The molecule has 0 aliphatic heterocycles. The van der Waals surface area contributed by atoms with E-state index >= 15 is 0 Å². The zero-order valence-electron chi connectivity index (χ0n) is 3.73. The normalized spacial score (nSPS) is 12.4. The quantitative estimate of drug-likeness (QED) is 0.450. The molecule has 1 aromatic rings. The number of hydrogen-bond acceptors (Lipinski definition) is 0. The van der Waals surface area contributed by atoms with Crippen molar-refractivity contribution in [3.63, 3.8) is 0 Å². The van der Waals surface area contributed by atoms with Crippen molar-refractivity contribution in [3.05, 3.63) is 23.7 Å². The van der Waals surface area contributed by atoms with E-state index in [9.17, 15) is 0 Å². The molecule has 1 aromatic heterocycles. The van der Waals surface area contributed by atoms with Crippen molar-refractivity contribution in [1.29, 1.82) is 0 Å². The third kappa shape index (κ3) is 0.524. The fraction of sp³-hybridized carbons (Fsp3) is 0. The summed E-state index contributed by atoms with van der Waals surface area (Å²) in [6, 6.07) is 3.74. The van der Waals surface area contributed by atoms with E-state index in [2.05, 4.69) is 0 Å². The molecule has 0 N–H and O–H groups in total. The Kier molecular flexibility index (Phi) is 0.523. The van der Waals surface area contributed by atoms with Crippen LogP contribution in [0.2, 0.25) is 0 Å². The highest BCUT2D eigenvalue weighted by Gasteiger charge is 1.57. The molecule has 0 bridgehead atoms. The number of rotatable bonds is 0. The minimum atomic E-state index is 0.630. The predicted octanol–water partition coefficient (Wildman–Crippen LogP) is 1.72. The second kappa shape index (κ2) is 1.28. The summed E-state index contributed by atoms with van der Waals surface area (Å²) in [7, 11) is 0.630. The van der Waals surface area contributed by atoms with Gasteiger partial charge in [0.1, 0.15) is 0 Å². The summed E-state index contributed by atoms with van der Waals surface area (Å²) < 4.78 is 6.94. The molecule has 0 saturated carbocycles. The Bertz CT molecular complexity index is 111. The Labute approximate surface area is 34.3 Å². The highest BCUT2D eigenvalue weighted by atomic mass is 31.0. The van der Waals surface area contributed by atoms with Crippen molar-refractivity contribution in [2.75, 3.05) is 0 Å². The zero-order valence-corrected chi connectivity index (χ0v) is 3.73. The molecule has 0 nitrogen and oxygen atoms in total. The first-order valence-electron chi connectivity index (χ1n) is 1.99. The lowest BCUT2D eigenvalue weighted by atomic mass is 10.7. The topological polar surface area (TPSA) is 0 Å². The van der Waals surface area contributed by atoms with Crippen LogP contribution in [0.5, 0.6) is 0 Å². The van der Waals surface area contributed by atoms with E-state index < -0.39 is 0 Å². The molecule has 0 spiro atoms. The average molecular weight is 85.1 g/mol. The molecule has 1 heterocycles. The highest BCUT2D eigenvalue weighted by Crippen LogP contribution is 1.99. The standard InChI is InChI=1S/C4H5P/c1-2-4-5-3-1/h1-5H/i3D. The molecule has 0 aromatic carbocycles. The maximum Gasteiger partial charge on any atom is 0.0667 e. The van der Waals surface area contributed by atoms with E-state index in [0.717, 1.165) is 5.77 Å². The molecule has 1 heteroatoms. The summed E-state index contributed by atoms with van der Waals surface area (Å²) in [6.07, 6.45) is 0. The SMILES string of the molecule is [2H]c1ccc[pH]1. The lowest BCUT2D eigenvalue weighted by Gasteiger charge is -1.41. The van der Waals surface area contributed by atoms with Gasteiger partial charge >= 0.3 is 0 Å². The van der Waals surface area contributed by atoms with Gasteiger partial charge in [0.25, 0.3) is 0 Å². The fourth-order valence-corrected chi connectivity index (χ4v) is 0.722. The largest absolute Gasteiger partial charge is 0.140 e. The third-order valence-electron chi connectivity index (χ3n) is 0.442. The molecular formula is C4H5P. The van der Waals surface area contributed by atoms with Gasteiger partial charge in [-0.25, -0.2) is 0 Å². The van der Waals surface area contributed by atoms with E-state index in [1.807, 2.05) is 17.9 Å². The zero-order chi connectivity index (χ0) is 4.41. The van der Waals surface area contributed by atoms with Gasteiger partial charge in [0.15, 0.2) is 0 Å². The summed E-state index contributed by atoms with van der Waals surface area (Å²) in [6.45, 7) is 0. The van der Waals surface area contributed by atoms with E-state index in [0.29, 0.717) is 8.19 Å². The molecule has 1 unspecified atom stereocenters. The molecule has 0 aliphatic rings. The lowest BCUT2D eigenvalue weighted by molar-refractivity contribution is 2.03. The predicted molar refractivity (Wildman–Crippen MR) is 25.9 cm³/mol. The van der Waals surface area contributed by atoms with Crippen LogP contribution in [0.3, 0.4) is 0 Å². The molecule has 0 saturated heterocycles. The average Bonchev–Trinajstić information content (AvgIpc) is 1.86. The van der Waals surface area contributed by atoms with Gasteiger partial charge in [-0.1, -0.05) is 12.1 Å². The Hall–Kier alpha value is -0.220. The summed E-state index contributed by atoms with van der Waals surface area (Å²) in [5, 5.41) is 0. The van der Waals surface area contributed by atoms with E-state index in [1.165, 1.54) is 0 Å². The Balaban J connectivity index is 3.05. The summed E-state index contributed by atoms with van der Waals surface area (Å²) >= 11 is 0.